The molecule has 1 aromatic heterocycles. The second-order valence-electron chi connectivity index (χ2n) is 8.00. The Morgan fingerprint density at radius 3 is 2.66 bits per heavy atom. The highest BCUT2D eigenvalue weighted by Gasteiger charge is 2.22. The molecule has 1 aliphatic rings. The van der Waals surface area contributed by atoms with Crippen LogP contribution in [-0.2, 0) is 26.2 Å². The van der Waals surface area contributed by atoms with Crippen LogP contribution < -0.4 is 27.1 Å². The maximum atomic E-state index is 12.7. The third-order valence-corrected chi connectivity index (χ3v) is 6.70. The first-order valence-electron chi connectivity index (χ1n) is 10.7. The number of nitrogens with zero attached hydrogens (tertiary/aromatic N) is 2. The molecule has 0 aliphatic heterocycles. The number of aldehydes is 1. The number of nitrogens with one attached hydrogen (secondary N) is 2. The van der Waals surface area contributed by atoms with Crippen LogP contribution >= 0.6 is 0 Å². The molecule has 6 N–H and O–H groups in total. The molecule has 178 valence electrons. The summed E-state index contributed by atoms with van der Waals surface area (Å²) in [4.78, 5) is 40.0. The van der Waals surface area contributed by atoms with Gasteiger partial charge < -0.3 is 26.1 Å². The quantitative estimate of drug-likeness (QED) is 0.143. The summed E-state index contributed by atoms with van der Waals surface area (Å²) < 4.78 is 28.5. The fourth-order valence-electron chi connectivity index (χ4n) is 3.71. The van der Waals surface area contributed by atoms with Gasteiger partial charge in [-0.2, -0.15) is 0 Å². The van der Waals surface area contributed by atoms with E-state index in [0.29, 0.717) is 25.7 Å². The van der Waals surface area contributed by atoms with Gasteiger partial charge in [-0.25, -0.2) is 8.42 Å². The van der Waals surface area contributed by atoms with Crippen LogP contribution in [0.5, 0.6) is 0 Å². The fourth-order valence-corrected chi connectivity index (χ4v) is 5.24. The molecule has 1 aliphatic carbocycles. The van der Waals surface area contributed by atoms with Gasteiger partial charge in [0.15, 0.2) is 5.96 Å². The van der Waals surface area contributed by atoms with E-state index in [9.17, 15) is 22.8 Å². The molecule has 1 saturated carbocycles. The number of pyridine rings is 1. The van der Waals surface area contributed by atoms with Crippen LogP contribution in [-0.4, -0.2) is 49.5 Å². The van der Waals surface area contributed by atoms with E-state index in [0.717, 1.165) is 36.7 Å². The first-order valence-corrected chi connectivity index (χ1v) is 12.4. The minimum absolute atomic E-state index is 0.0251. The van der Waals surface area contributed by atoms with Crippen molar-refractivity contribution < 1.29 is 18.0 Å². The number of nitrogens with two attached hydrogens (primary N) is 2. The summed E-state index contributed by atoms with van der Waals surface area (Å²) in [6.45, 7) is -0.0275. The summed E-state index contributed by atoms with van der Waals surface area (Å²) in [7, 11) is -3.68. The van der Waals surface area contributed by atoms with Gasteiger partial charge in [0, 0.05) is 12.7 Å². The zero-order chi connectivity index (χ0) is 23.6. The molecule has 1 aromatic rings. The van der Waals surface area contributed by atoms with Crippen molar-refractivity contribution in [2.24, 2.45) is 22.4 Å². The van der Waals surface area contributed by atoms with E-state index >= 15 is 0 Å². The van der Waals surface area contributed by atoms with Gasteiger partial charge >= 0.3 is 0 Å². The average Bonchev–Trinajstić information content (AvgIpc) is 2.73. The van der Waals surface area contributed by atoms with Crippen molar-refractivity contribution in [2.45, 2.75) is 57.5 Å². The second kappa shape index (κ2) is 12.2. The normalized spacial score (nSPS) is 15.5. The number of rotatable bonds is 12. The van der Waals surface area contributed by atoms with Crippen LogP contribution in [0.1, 0.15) is 44.9 Å². The largest absolute Gasteiger partial charge is 0.370 e. The molecular formula is C20H32N6O5S. The maximum absolute atomic E-state index is 12.7. The lowest BCUT2D eigenvalue weighted by Crippen LogP contribution is -2.40. The summed E-state index contributed by atoms with van der Waals surface area (Å²) >= 11 is 0. The van der Waals surface area contributed by atoms with E-state index < -0.39 is 27.5 Å². The van der Waals surface area contributed by atoms with Crippen molar-refractivity contribution in [3.63, 3.8) is 0 Å². The Morgan fingerprint density at radius 2 is 2.00 bits per heavy atom. The Labute approximate surface area is 187 Å². The molecule has 0 bridgehead atoms. The minimum atomic E-state index is -3.68. The zero-order valence-electron chi connectivity index (χ0n) is 18.0. The third kappa shape index (κ3) is 8.69. The van der Waals surface area contributed by atoms with Crippen molar-refractivity contribution in [1.82, 2.24) is 9.88 Å². The van der Waals surface area contributed by atoms with Gasteiger partial charge in [-0.15, -0.1) is 0 Å². The molecule has 0 unspecified atom stereocenters. The molecule has 32 heavy (non-hydrogen) atoms. The van der Waals surface area contributed by atoms with Crippen molar-refractivity contribution in [1.29, 1.82) is 0 Å². The van der Waals surface area contributed by atoms with Crippen LogP contribution in [0.2, 0.25) is 0 Å². The van der Waals surface area contributed by atoms with Crippen molar-refractivity contribution >= 4 is 33.9 Å². The number of aromatic nitrogens is 1. The third-order valence-electron chi connectivity index (χ3n) is 5.26. The highest BCUT2D eigenvalue weighted by Crippen LogP contribution is 2.25. The van der Waals surface area contributed by atoms with E-state index in [1.165, 1.54) is 18.3 Å². The van der Waals surface area contributed by atoms with Gasteiger partial charge in [0.25, 0.3) is 5.56 Å². The molecule has 12 heteroatoms. The minimum Gasteiger partial charge on any atom is -0.370 e. The molecule has 1 heterocycles. The van der Waals surface area contributed by atoms with E-state index in [-0.39, 0.29) is 29.9 Å². The van der Waals surface area contributed by atoms with Gasteiger partial charge in [0.05, 0.1) is 11.8 Å². The van der Waals surface area contributed by atoms with Crippen molar-refractivity contribution in [3.05, 3.63) is 28.7 Å². The standard InChI is InChI=1S/C20H32N6O5S/c21-20(22)23-10-4-8-16(13-27)24-18(28)12-26-11-5-9-17(19(26)29)25-32(30,31)14-15-6-2-1-3-7-15/h5,9,11,13,15-16,25H,1-4,6-8,10,12,14H2,(H,24,28)(H4,21,22,23)/t16-/m0/s1. The Morgan fingerprint density at radius 1 is 1.28 bits per heavy atom. The molecule has 1 amide bonds. The van der Waals surface area contributed by atoms with Crippen molar-refractivity contribution in [3.8, 4) is 0 Å². The number of anilines is 1. The smallest absolute Gasteiger partial charge is 0.275 e. The summed E-state index contributed by atoms with van der Waals surface area (Å²) in [5, 5.41) is 2.54. The summed E-state index contributed by atoms with van der Waals surface area (Å²) in [5.41, 5.74) is 9.72. The van der Waals surface area contributed by atoms with E-state index in [1.807, 2.05) is 0 Å². The number of hydrogen-bond acceptors (Lipinski definition) is 6. The van der Waals surface area contributed by atoms with E-state index in [2.05, 4.69) is 15.0 Å². The van der Waals surface area contributed by atoms with Gasteiger partial charge in [-0.05, 0) is 43.7 Å². The Bertz CT molecular complexity index is 965. The van der Waals surface area contributed by atoms with Crippen LogP contribution in [0.4, 0.5) is 5.69 Å². The Balaban J connectivity index is 1.95. The maximum Gasteiger partial charge on any atom is 0.275 e. The number of hydrogen-bond donors (Lipinski definition) is 4. The predicted molar refractivity (Wildman–Crippen MR) is 123 cm³/mol. The summed E-state index contributed by atoms with van der Waals surface area (Å²) in [6, 6.07) is 2.11. The van der Waals surface area contributed by atoms with Crippen LogP contribution in [0, 0.1) is 5.92 Å². The first kappa shape index (κ1) is 25.4. The first-order chi connectivity index (χ1) is 15.2. The number of guanidine groups is 1. The Hall–Kier alpha value is -2.89. The Kier molecular flexibility index (Phi) is 9.69. The van der Waals surface area contributed by atoms with Gasteiger partial charge in [0.1, 0.15) is 18.5 Å². The number of aliphatic imine (C=N–C) groups is 1. The molecule has 2 rings (SSSR count). The molecule has 0 radical (unpaired) electrons. The average molecular weight is 469 g/mol. The molecule has 0 saturated heterocycles. The number of carbonyl (C=O) groups excluding carboxylic acids is 2. The highest BCUT2D eigenvalue weighted by molar-refractivity contribution is 7.92. The molecule has 0 spiro atoms. The number of sulfonamides is 1. The highest BCUT2D eigenvalue weighted by atomic mass is 32.2. The van der Waals surface area contributed by atoms with Gasteiger partial charge in [-0.1, -0.05) is 19.3 Å². The predicted octanol–water partition coefficient (Wildman–Crippen LogP) is -0.0924. The van der Waals surface area contributed by atoms with Crippen LogP contribution in [0.3, 0.4) is 0 Å². The van der Waals surface area contributed by atoms with Gasteiger partial charge in [0.2, 0.25) is 15.9 Å². The van der Waals surface area contributed by atoms with E-state index in [4.69, 9.17) is 11.5 Å². The molecular weight excluding hydrogens is 436 g/mol. The van der Waals surface area contributed by atoms with Gasteiger partial charge in [-0.3, -0.25) is 19.3 Å². The van der Waals surface area contributed by atoms with Crippen LogP contribution in [0.15, 0.2) is 28.1 Å². The number of amides is 1. The van der Waals surface area contributed by atoms with E-state index in [1.54, 1.807) is 0 Å². The monoisotopic (exact) mass is 468 g/mol. The lowest BCUT2D eigenvalue weighted by molar-refractivity contribution is -0.124. The fraction of sp³-hybridized carbons (Fsp3) is 0.600. The number of carbonyl (C=O) groups is 2. The zero-order valence-corrected chi connectivity index (χ0v) is 18.9. The SMILES string of the molecule is NC(N)=NCCC[C@@H](C=O)NC(=O)Cn1cccc(NS(=O)(=O)CC2CCCCC2)c1=O. The lowest BCUT2D eigenvalue weighted by Gasteiger charge is -2.21. The summed E-state index contributed by atoms with van der Waals surface area (Å²) in [5.74, 6) is -0.535. The molecule has 1 atom stereocenters. The van der Waals surface area contributed by atoms with Crippen molar-refractivity contribution in [2.75, 3.05) is 17.0 Å². The lowest BCUT2D eigenvalue weighted by atomic mass is 9.91. The topological polar surface area (TPSA) is 179 Å². The molecule has 11 nitrogen and oxygen atoms in total. The van der Waals surface area contributed by atoms with Crippen LogP contribution in [0.25, 0.3) is 0 Å². The molecule has 1 fully saturated rings. The molecule has 0 aromatic carbocycles. The second-order valence-corrected chi connectivity index (χ2v) is 9.77. The summed E-state index contributed by atoms with van der Waals surface area (Å²) in [6.07, 6.45) is 7.70.